The Kier molecular flexibility index (Phi) is 4.68. The summed E-state index contributed by atoms with van der Waals surface area (Å²) in [4.78, 5) is 27.4. The molecule has 146 valence electrons. The molecule has 3 aromatic rings. The fourth-order valence-corrected chi connectivity index (χ4v) is 3.75. The summed E-state index contributed by atoms with van der Waals surface area (Å²) in [5, 5.41) is 14.3. The highest BCUT2D eigenvalue weighted by molar-refractivity contribution is 6.12. The van der Waals surface area contributed by atoms with Crippen molar-refractivity contribution >= 4 is 23.2 Å². The van der Waals surface area contributed by atoms with Crippen LogP contribution in [0, 0.1) is 13.8 Å². The summed E-state index contributed by atoms with van der Waals surface area (Å²) in [6.45, 7) is 3.69. The molecule has 0 fully saturated rings. The van der Waals surface area contributed by atoms with Crippen LogP contribution in [0.5, 0.6) is 0 Å². The summed E-state index contributed by atoms with van der Waals surface area (Å²) >= 11 is 0. The molecule has 2 amide bonds. The van der Waals surface area contributed by atoms with Gasteiger partial charge in [-0.25, -0.2) is 0 Å². The smallest absolute Gasteiger partial charge is 0.268 e. The predicted molar refractivity (Wildman–Crippen MR) is 113 cm³/mol. The molecule has 0 aliphatic carbocycles. The Balaban J connectivity index is 1.66. The van der Waals surface area contributed by atoms with E-state index in [1.54, 1.807) is 48.5 Å². The van der Waals surface area contributed by atoms with Crippen molar-refractivity contribution in [2.75, 3.05) is 16.8 Å². The average Bonchev–Trinajstić information content (AvgIpc) is 2.94. The van der Waals surface area contributed by atoms with Crippen molar-refractivity contribution < 1.29 is 14.7 Å². The number of fused-ring (bicyclic) bond motifs is 1. The molecule has 29 heavy (non-hydrogen) atoms. The Hall–Kier alpha value is -3.44. The van der Waals surface area contributed by atoms with Crippen LogP contribution in [-0.4, -0.2) is 23.5 Å². The van der Waals surface area contributed by atoms with Gasteiger partial charge in [0.05, 0.1) is 5.69 Å². The van der Waals surface area contributed by atoms with Crippen LogP contribution in [0.1, 0.15) is 22.3 Å². The number of anilines is 2. The average molecular weight is 386 g/mol. The lowest BCUT2D eigenvalue weighted by Crippen LogP contribution is -2.44. The molecule has 0 saturated heterocycles. The second-order valence-electron chi connectivity index (χ2n) is 7.35. The molecule has 5 heteroatoms. The van der Waals surface area contributed by atoms with Crippen LogP contribution in [0.3, 0.4) is 0 Å². The molecule has 1 aliphatic heterocycles. The van der Waals surface area contributed by atoms with Gasteiger partial charge < -0.3 is 10.4 Å². The number of amides is 2. The number of rotatable bonds is 4. The van der Waals surface area contributed by atoms with Crippen molar-refractivity contribution in [1.82, 2.24) is 0 Å². The molecule has 1 heterocycles. The number of aryl methyl sites for hydroxylation is 2. The van der Waals surface area contributed by atoms with Gasteiger partial charge in [-0.2, -0.15) is 0 Å². The van der Waals surface area contributed by atoms with Gasteiger partial charge in [-0.05, 0) is 42.7 Å². The van der Waals surface area contributed by atoms with Crippen molar-refractivity contribution in [2.24, 2.45) is 0 Å². The highest BCUT2D eigenvalue weighted by Gasteiger charge is 2.51. The van der Waals surface area contributed by atoms with E-state index < -0.39 is 11.5 Å². The third-order valence-electron chi connectivity index (χ3n) is 5.30. The van der Waals surface area contributed by atoms with E-state index >= 15 is 0 Å². The van der Waals surface area contributed by atoms with Crippen molar-refractivity contribution in [2.45, 2.75) is 19.4 Å². The largest absolute Gasteiger partial charge is 0.372 e. The van der Waals surface area contributed by atoms with Gasteiger partial charge in [-0.1, -0.05) is 60.7 Å². The molecule has 0 aromatic heterocycles. The van der Waals surface area contributed by atoms with E-state index in [1.165, 1.54) is 4.90 Å². The van der Waals surface area contributed by atoms with Crippen LogP contribution >= 0.6 is 0 Å². The summed E-state index contributed by atoms with van der Waals surface area (Å²) < 4.78 is 0. The van der Waals surface area contributed by atoms with Crippen LogP contribution < -0.4 is 10.2 Å². The molecule has 0 bridgehead atoms. The van der Waals surface area contributed by atoms with E-state index in [0.29, 0.717) is 22.5 Å². The molecule has 0 saturated carbocycles. The van der Waals surface area contributed by atoms with Crippen molar-refractivity contribution in [1.29, 1.82) is 0 Å². The first-order valence-electron chi connectivity index (χ1n) is 9.47. The van der Waals surface area contributed by atoms with Gasteiger partial charge >= 0.3 is 0 Å². The van der Waals surface area contributed by atoms with Gasteiger partial charge in [0, 0.05) is 11.3 Å². The number of para-hydroxylation sites is 1. The van der Waals surface area contributed by atoms with Crippen LogP contribution in [0.2, 0.25) is 0 Å². The first-order chi connectivity index (χ1) is 13.9. The molecule has 3 aromatic carbocycles. The summed E-state index contributed by atoms with van der Waals surface area (Å²) in [5.41, 5.74) is 2.39. The molecule has 0 spiro atoms. The van der Waals surface area contributed by atoms with Crippen molar-refractivity contribution in [3.05, 3.63) is 95.1 Å². The quantitative estimate of drug-likeness (QED) is 0.721. The number of hydrogen-bond acceptors (Lipinski definition) is 3. The normalized spacial score (nSPS) is 17.9. The summed E-state index contributed by atoms with van der Waals surface area (Å²) in [6.07, 6.45) is 0. The zero-order valence-electron chi connectivity index (χ0n) is 16.3. The highest BCUT2D eigenvalue weighted by Crippen LogP contribution is 2.44. The maximum Gasteiger partial charge on any atom is 0.268 e. The Morgan fingerprint density at radius 2 is 1.69 bits per heavy atom. The topological polar surface area (TPSA) is 69.6 Å². The molecule has 0 radical (unpaired) electrons. The molecule has 0 unspecified atom stereocenters. The number of carbonyl (C=O) groups is 2. The molecule has 4 rings (SSSR count). The standard InChI is InChI=1S/C24H22N2O3/c1-16-12-13-17(2)20(14-16)25-22(27)15-26-21-11-7-6-10-19(21)24(29,23(26)28)18-8-4-3-5-9-18/h3-14,29H,15H2,1-2H3,(H,25,27)/t24-/m1/s1. The SMILES string of the molecule is Cc1ccc(C)c(NC(=O)CN2C(=O)[C@@](O)(c3ccccc3)c3ccccc32)c1. The molecule has 1 atom stereocenters. The van der Waals surface area contributed by atoms with E-state index in [2.05, 4.69) is 5.32 Å². The van der Waals surface area contributed by atoms with E-state index in [1.807, 2.05) is 38.1 Å². The summed E-state index contributed by atoms with van der Waals surface area (Å²) in [7, 11) is 0. The van der Waals surface area contributed by atoms with Crippen molar-refractivity contribution in [3.63, 3.8) is 0 Å². The fourth-order valence-electron chi connectivity index (χ4n) is 3.75. The van der Waals surface area contributed by atoms with E-state index in [4.69, 9.17) is 0 Å². The third-order valence-corrected chi connectivity index (χ3v) is 5.30. The Labute approximate surface area is 169 Å². The molecule has 5 nitrogen and oxygen atoms in total. The number of aliphatic hydroxyl groups is 1. The van der Waals surface area contributed by atoms with E-state index in [0.717, 1.165) is 11.1 Å². The Morgan fingerprint density at radius 3 is 2.45 bits per heavy atom. The second kappa shape index (κ2) is 7.18. The van der Waals surface area contributed by atoms with Crippen LogP contribution in [0.4, 0.5) is 11.4 Å². The first kappa shape index (κ1) is 18.9. The van der Waals surface area contributed by atoms with Gasteiger partial charge in [0.2, 0.25) is 5.91 Å². The minimum Gasteiger partial charge on any atom is -0.372 e. The maximum atomic E-state index is 13.3. The van der Waals surface area contributed by atoms with Crippen LogP contribution in [0.25, 0.3) is 0 Å². The van der Waals surface area contributed by atoms with E-state index in [-0.39, 0.29) is 12.5 Å². The highest BCUT2D eigenvalue weighted by atomic mass is 16.3. The van der Waals surface area contributed by atoms with Gasteiger partial charge in [0.15, 0.2) is 5.60 Å². The molecule has 1 aliphatic rings. The number of nitrogens with one attached hydrogen (secondary N) is 1. The summed E-state index contributed by atoms with van der Waals surface area (Å²) in [6, 6.07) is 21.7. The maximum absolute atomic E-state index is 13.3. The van der Waals surface area contributed by atoms with Gasteiger partial charge in [0.1, 0.15) is 6.54 Å². The fraction of sp³-hybridized carbons (Fsp3) is 0.167. The van der Waals surface area contributed by atoms with Gasteiger partial charge in [-0.15, -0.1) is 0 Å². The third kappa shape index (κ3) is 3.19. The lowest BCUT2D eigenvalue weighted by Gasteiger charge is -2.23. The zero-order chi connectivity index (χ0) is 20.6. The lowest BCUT2D eigenvalue weighted by molar-refractivity contribution is -0.133. The minimum atomic E-state index is -1.81. The van der Waals surface area contributed by atoms with Crippen LogP contribution in [-0.2, 0) is 15.2 Å². The van der Waals surface area contributed by atoms with Gasteiger partial charge in [-0.3, -0.25) is 14.5 Å². The monoisotopic (exact) mass is 386 g/mol. The number of nitrogens with zero attached hydrogens (tertiary/aromatic N) is 1. The number of benzene rings is 3. The van der Waals surface area contributed by atoms with Crippen molar-refractivity contribution in [3.8, 4) is 0 Å². The molecule has 2 N–H and O–H groups in total. The van der Waals surface area contributed by atoms with E-state index in [9.17, 15) is 14.7 Å². The molecular formula is C24H22N2O3. The Morgan fingerprint density at radius 1 is 1.00 bits per heavy atom. The first-order valence-corrected chi connectivity index (χ1v) is 9.47. The number of hydrogen-bond donors (Lipinski definition) is 2. The Bertz CT molecular complexity index is 1090. The minimum absolute atomic E-state index is 0.182. The van der Waals surface area contributed by atoms with Crippen LogP contribution in [0.15, 0.2) is 72.8 Å². The zero-order valence-corrected chi connectivity index (χ0v) is 16.3. The lowest BCUT2D eigenvalue weighted by atomic mass is 9.88. The second-order valence-corrected chi connectivity index (χ2v) is 7.35. The van der Waals surface area contributed by atoms with Gasteiger partial charge in [0.25, 0.3) is 5.91 Å². The molecular weight excluding hydrogens is 364 g/mol. The predicted octanol–water partition coefficient (Wildman–Crippen LogP) is 3.52. The number of carbonyl (C=O) groups excluding carboxylic acids is 2. The summed E-state index contributed by atoms with van der Waals surface area (Å²) in [5.74, 6) is -0.847.